The molecule has 0 N–H and O–H groups in total. The lowest BCUT2D eigenvalue weighted by molar-refractivity contribution is -0.133. The molecule has 59 heavy (non-hydrogen) atoms. The lowest BCUT2D eigenvalue weighted by Crippen LogP contribution is -2.49. The molecule has 0 unspecified atom stereocenters. The highest BCUT2D eigenvalue weighted by Gasteiger charge is 2.25. The summed E-state index contributed by atoms with van der Waals surface area (Å²) in [6.45, 7) is 19.6. The van der Waals surface area contributed by atoms with Gasteiger partial charge < -0.3 is 29.4 Å². The van der Waals surface area contributed by atoms with Crippen LogP contribution < -0.4 is 14.7 Å². The molecule has 0 saturated carbocycles. The Bertz CT molecular complexity index is 1920. The molecule has 0 aliphatic carbocycles. The smallest absolute Gasteiger partial charge is 0.222 e. The second-order valence-corrected chi connectivity index (χ2v) is 17.0. The van der Waals surface area contributed by atoms with Crippen LogP contribution in [0.4, 0.5) is 17.1 Å². The van der Waals surface area contributed by atoms with Gasteiger partial charge in [0.05, 0.1) is 0 Å². The Morgan fingerprint density at radius 3 is 0.966 bits per heavy atom. The average Bonchev–Trinajstić information content (AvgIpc) is 3.26. The second-order valence-electron chi connectivity index (χ2n) is 17.0. The Balaban J connectivity index is 1.10. The van der Waals surface area contributed by atoms with Gasteiger partial charge in [-0.3, -0.25) is 14.4 Å². The van der Waals surface area contributed by atoms with E-state index in [0.717, 1.165) is 119 Å². The predicted octanol–water partition coefficient (Wildman–Crippen LogP) is 6.71. The molecule has 0 radical (unpaired) electrons. The van der Waals surface area contributed by atoms with Gasteiger partial charge in [0.2, 0.25) is 17.7 Å². The monoisotopic (exact) mass is 799 g/mol. The summed E-state index contributed by atoms with van der Waals surface area (Å²) in [6, 6.07) is 25.2. The highest BCUT2D eigenvalue weighted by molar-refractivity contribution is 5.78. The van der Waals surface area contributed by atoms with E-state index in [1.54, 1.807) is 0 Å². The van der Waals surface area contributed by atoms with Crippen LogP contribution in [0.2, 0.25) is 0 Å². The molecule has 312 valence electrons. The van der Waals surface area contributed by atoms with Gasteiger partial charge in [0.25, 0.3) is 0 Å². The van der Waals surface area contributed by atoms with Gasteiger partial charge in [-0.05, 0) is 91.1 Å². The van der Waals surface area contributed by atoms with Crippen molar-refractivity contribution in [3.05, 3.63) is 72.8 Å². The number of amides is 3. The maximum atomic E-state index is 12.7. The average molecular weight is 800 g/mol. The van der Waals surface area contributed by atoms with Crippen LogP contribution in [-0.4, -0.2) is 126 Å². The maximum absolute atomic E-state index is 12.7. The molecule has 1 aromatic heterocycles. The van der Waals surface area contributed by atoms with E-state index in [1.807, 2.05) is 21.6 Å². The number of anilines is 3. The van der Waals surface area contributed by atoms with E-state index in [0.29, 0.717) is 48.6 Å². The molecule has 3 fully saturated rings. The zero-order valence-electron chi connectivity index (χ0n) is 35.6. The van der Waals surface area contributed by atoms with E-state index in [2.05, 4.69) is 115 Å². The number of aromatic nitrogens is 3. The van der Waals surface area contributed by atoms with E-state index in [-0.39, 0.29) is 17.7 Å². The predicted molar refractivity (Wildman–Crippen MR) is 236 cm³/mol. The quantitative estimate of drug-likeness (QED) is 0.155. The SMILES string of the molecule is CCCC(=O)N1CCN(c2ccc(-c3nc(-c4ccc(N5CCN(C(=O)CC(C)C)CC5)cc4)nc(-c4ccc(N5CCN(C(=O)CC(C)C)CC5)cc4)n3)cc2)CC1. The van der Waals surface area contributed by atoms with E-state index < -0.39 is 0 Å². The van der Waals surface area contributed by atoms with Gasteiger partial charge in [0, 0.05) is 132 Å². The van der Waals surface area contributed by atoms with Gasteiger partial charge in [0.1, 0.15) is 0 Å². The fraction of sp³-hybridized carbons (Fsp3) is 0.489. The molecular formula is C47H61N9O3. The van der Waals surface area contributed by atoms with Gasteiger partial charge in [0.15, 0.2) is 17.5 Å². The fourth-order valence-electron chi connectivity index (χ4n) is 8.20. The summed E-state index contributed by atoms with van der Waals surface area (Å²) in [6.07, 6.45) is 2.67. The number of hydrogen-bond acceptors (Lipinski definition) is 9. The highest BCUT2D eigenvalue weighted by Crippen LogP contribution is 2.30. The number of piperazine rings is 3. The van der Waals surface area contributed by atoms with Crippen LogP contribution in [0.5, 0.6) is 0 Å². The Kier molecular flexibility index (Phi) is 13.4. The van der Waals surface area contributed by atoms with Crippen LogP contribution in [0, 0.1) is 11.8 Å². The van der Waals surface area contributed by atoms with Gasteiger partial charge in [-0.25, -0.2) is 15.0 Å². The van der Waals surface area contributed by atoms with Gasteiger partial charge in [-0.2, -0.15) is 0 Å². The Hall–Kier alpha value is -5.52. The summed E-state index contributed by atoms with van der Waals surface area (Å²) in [5, 5.41) is 0. The molecule has 4 aromatic rings. The minimum Gasteiger partial charge on any atom is -0.368 e. The number of carbonyl (C=O) groups is 3. The molecule has 12 heteroatoms. The third kappa shape index (κ3) is 10.4. The summed E-state index contributed by atoms with van der Waals surface area (Å²) >= 11 is 0. The van der Waals surface area contributed by atoms with Crippen LogP contribution in [0.3, 0.4) is 0 Å². The molecule has 3 aliphatic heterocycles. The molecule has 7 rings (SSSR count). The van der Waals surface area contributed by atoms with E-state index >= 15 is 0 Å². The first-order valence-corrected chi connectivity index (χ1v) is 21.7. The number of benzene rings is 3. The molecule has 3 aliphatic rings. The van der Waals surface area contributed by atoms with Crippen molar-refractivity contribution in [3.8, 4) is 34.2 Å². The van der Waals surface area contributed by atoms with Crippen molar-refractivity contribution in [2.75, 3.05) is 93.2 Å². The largest absolute Gasteiger partial charge is 0.368 e. The summed E-state index contributed by atoms with van der Waals surface area (Å²) in [4.78, 5) is 65.9. The third-order valence-corrected chi connectivity index (χ3v) is 11.6. The van der Waals surface area contributed by atoms with Crippen molar-refractivity contribution in [3.63, 3.8) is 0 Å². The van der Waals surface area contributed by atoms with Gasteiger partial charge >= 0.3 is 0 Å². The lowest BCUT2D eigenvalue weighted by Gasteiger charge is -2.36. The number of carbonyl (C=O) groups excluding carboxylic acids is 3. The molecule has 3 saturated heterocycles. The van der Waals surface area contributed by atoms with Crippen molar-refractivity contribution in [1.29, 1.82) is 0 Å². The van der Waals surface area contributed by atoms with Crippen molar-refractivity contribution in [1.82, 2.24) is 29.7 Å². The van der Waals surface area contributed by atoms with Crippen molar-refractivity contribution < 1.29 is 14.4 Å². The Morgan fingerprint density at radius 1 is 0.441 bits per heavy atom. The molecule has 3 aromatic carbocycles. The van der Waals surface area contributed by atoms with E-state index in [1.165, 1.54) is 0 Å². The maximum Gasteiger partial charge on any atom is 0.222 e. The standard InChI is InChI=1S/C47H61N9O3/c1-6-7-42(57)54-26-20-51(21-27-54)39-14-8-36(9-15-39)45-48-46(37-10-16-40(17-11-37)52-22-28-55(29-23-52)43(58)32-34(2)3)50-47(49-45)38-12-18-41(19-13-38)53-24-30-56(31-25-53)44(59)33-35(4)5/h8-19,34-35H,6-7,20-33H2,1-5H3. The number of rotatable bonds is 12. The molecule has 0 atom stereocenters. The minimum atomic E-state index is 0.243. The van der Waals surface area contributed by atoms with Crippen LogP contribution in [0.15, 0.2) is 72.8 Å². The van der Waals surface area contributed by atoms with Crippen molar-refractivity contribution >= 4 is 34.8 Å². The Morgan fingerprint density at radius 2 is 0.712 bits per heavy atom. The molecule has 0 bridgehead atoms. The first kappa shape index (κ1) is 41.6. The van der Waals surface area contributed by atoms with Gasteiger partial charge in [-0.1, -0.05) is 34.6 Å². The second kappa shape index (κ2) is 19.0. The summed E-state index contributed by atoms with van der Waals surface area (Å²) < 4.78 is 0. The zero-order valence-corrected chi connectivity index (χ0v) is 35.6. The van der Waals surface area contributed by atoms with Gasteiger partial charge in [-0.15, -0.1) is 0 Å². The third-order valence-electron chi connectivity index (χ3n) is 11.6. The molecule has 4 heterocycles. The molecular weight excluding hydrogens is 739 g/mol. The number of nitrogens with zero attached hydrogens (tertiary/aromatic N) is 9. The summed E-state index contributed by atoms with van der Waals surface area (Å²) in [5.41, 5.74) is 6.05. The molecule has 3 amide bonds. The normalized spacial score (nSPS) is 16.3. The summed E-state index contributed by atoms with van der Waals surface area (Å²) in [5.74, 6) is 3.25. The fourth-order valence-corrected chi connectivity index (χ4v) is 8.20. The number of hydrogen-bond donors (Lipinski definition) is 0. The van der Waals surface area contributed by atoms with Crippen LogP contribution >= 0.6 is 0 Å². The van der Waals surface area contributed by atoms with Crippen molar-refractivity contribution in [2.24, 2.45) is 11.8 Å². The first-order valence-electron chi connectivity index (χ1n) is 21.7. The van der Waals surface area contributed by atoms with Crippen molar-refractivity contribution in [2.45, 2.75) is 60.3 Å². The lowest BCUT2D eigenvalue weighted by atomic mass is 10.1. The molecule has 12 nitrogen and oxygen atoms in total. The molecule has 0 spiro atoms. The summed E-state index contributed by atoms with van der Waals surface area (Å²) in [7, 11) is 0. The topological polar surface area (TPSA) is 109 Å². The van der Waals surface area contributed by atoms with E-state index in [4.69, 9.17) is 15.0 Å². The first-order chi connectivity index (χ1) is 28.5. The minimum absolute atomic E-state index is 0.243. The zero-order chi connectivity index (χ0) is 41.5. The van der Waals surface area contributed by atoms with E-state index in [9.17, 15) is 14.4 Å². The van der Waals surface area contributed by atoms with Crippen LogP contribution in [0.1, 0.15) is 60.3 Å². The van der Waals surface area contributed by atoms with Crippen LogP contribution in [-0.2, 0) is 14.4 Å². The highest BCUT2D eigenvalue weighted by atomic mass is 16.2. The van der Waals surface area contributed by atoms with Crippen LogP contribution in [0.25, 0.3) is 34.2 Å². The Labute approximate surface area is 350 Å².